The minimum absolute atomic E-state index is 0.172. The standard InChI is InChI=1S/C17H21N3O2/c1-22-10-12-8-13(21)9-20(12)17-14-4-2-3-5-15(14)18-16(19-17)11-6-7-11/h2-5,11-13,21H,6-10H2,1H3/t12-,13+/m0/s1. The van der Waals surface area contributed by atoms with Crippen LogP contribution in [0.5, 0.6) is 0 Å². The number of aromatic nitrogens is 2. The van der Waals surface area contributed by atoms with Gasteiger partial charge in [-0.05, 0) is 31.4 Å². The number of hydrogen-bond donors (Lipinski definition) is 1. The van der Waals surface area contributed by atoms with Gasteiger partial charge in [0.2, 0.25) is 0 Å². The molecule has 5 heteroatoms. The second-order valence-electron chi connectivity index (χ2n) is 6.35. The maximum absolute atomic E-state index is 10.1. The lowest BCUT2D eigenvalue weighted by atomic mass is 10.2. The van der Waals surface area contributed by atoms with Gasteiger partial charge in [0.15, 0.2) is 0 Å². The molecule has 22 heavy (non-hydrogen) atoms. The van der Waals surface area contributed by atoms with Crippen LogP contribution in [0.3, 0.4) is 0 Å². The second-order valence-corrected chi connectivity index (χ2v) is 6.35. The quantitative estimate of drug-likeness (QED) is 0.937. The van der Waals surface area contributed by atoms with Crippen LogP contribution in [0.4, 0.5) is 5.82 Å². The fraction of sp³-hybridized carbons (Fsp3) is 0.529. The number of rotatable bonds is 4. The Morgan fingerprint density at radius 2 is 2.09 bits per heavy atom. The van der Waals surface area contributed by atoms with Crippen LogP contribution in [0.1, 0.15) is 31.0 Å². The van der Waals surface area contributed by atoms with Gasteiger partial charge < -0.3 is 14.7 Å². The molecule has 4 rings (SSSR count). The highest BCUT2D eigenvalue weighted by atomic mass is 16.5. The van der Waals surface area contributed by atoms with Crippen LogP contribution in [-0.4, -0.2) is 47.5 Å². The molecule has 0 unspecified atom stereocenters. The summed E-state index contributed by atoms with van der Waals surface area (Å²) in [7, 11) is 1.70. The van der Waals surface area contributed by atoms with Crippen molar-refractivity contribution in [3.05, 3.63) is 30.1 Å². The fourth-order valence-electron chi connectivity index (χ4n) is 3.32. The summed E-state index contributed by atoms with van der Waals surface area (Å²) in [4.78, 5) is 11.8. The van der Waals surface area contributed by atoms with Crippen LogP contribution in [-0.2, 0) is 4.74 Å². The van der Waals surface area contributed by atoms with Gasteiger partial charge in [-0.25, -0.2) is 9.97 Å². The summed E-state index contributed by atoms with van der Waals surface area (Å²) in [6.45, 7) is 1.22. The smallest absolute Gasteiger partial charge is 0.140 e. The lowest BCUT2D eigenvalue weighted by molar-refractivity contribution is 0.159. The van der Waals surface area contributed by atoms with E-state index in [1.165, 1.54) is 12.8 Å². The molecule has 2 heterocycles. The summed E-state index contributed by atoms with van der Waals surface area (Å²) in [6, 6.07) is 8.32. The first-order chi connectivity index (χ1) is 10.8. The molecule has 116 valence electrons. The van der Waals surface area contributed by atoms with Gasteiger partial charge in [0.25, 0.3) is 0 Å². The molecule has 1 aromatic carbocycles. The zero-order valence-corrected chi connectivity index (χ0v) is 12.8. The third-order valence-corrected chi connectivity index (χ3v) is 4.57. The number of methoxy groups -OCH3 is 1. The lowest BCUT2D eigenvalue weighted by Crippen LogP contribution is -2.34. The van der Waals surface area contributed by atoms with Crippen LogP contribution < -0.4 is 4.90 Å². The zero-order chi connectivity index (χ0) is 15.1. The Labute approximate surface area is 129 Å². The first kappa shape index (κ1) is 13.9. The summed E-state index contributed by atoms with van der Waals surface area (Å²) in [5, 5.41) is 11.1. The molecular weight excluding hydrogens is 278 g/mol. The molecule has 0 spiro atoms. The van der Waals surface area contributed by atoms with Gasteiger partial charge in [0.05, 0.1) is 24.3 Å². The Morgan fingerprint density at radius 3 is 2.86 bits per heavy atom. The van der Waals surface area contributed by atoms with Crippen molar-refractivity contribution in [1.29, 1.82) is 0 Å². The number of ether oxygens (including phenoxy) is 1. The van der Waals surface area contributed by atoms with E-state index < -0.39 is 0 Å². The summed E-state index contributed by atoms with van der Waals surface area (Å²) in [6.07, 6.45) is 2.77. The molecule has 2 atom stereocenters. The molecule has 0 amide bonds. The van der Waals surface area contributed by atoms with Gasteiger partial charge in [-0.3, -0.25) is 0 Å². The molecule has 5 nitrogen and oxygen atoms in total. The SMILES string of the molecule is COC[C@@H]1C[C@@H](O)CN1c1nc(C2CC2)nc2ccccc12. The Kier molecular flexibility index (Phi) is 3.47. The molecule has 1 aliphatic carbocycles. The topological polar surface area (TPSA) is 58.5 Å². The minimum atomic E-state index is -0.321. The van der Waals surface area contributed by atoms with Crippen molar-refractivity contribution in [2.24, 2.45) is 0 Å². The number of nitrogens with zero attached hydrogens (tertiary/aromatic N) is 3. The average Bonchev–Trinajstić information content (AvgIpc) is 3.31. The maximum atomic E-state index is 10.1. The molecule has 2 aliphatic rings. The maximum Gasteiger partial charge on any atom is 0.140 e. The lowest BCUT2D eigenvalue weighted by Gasteiger charge is -2.26. The number of β-amino-alcohol motifs (C(OH)–C–C–N with tert-alkyl or cyclic N) is 1. The van der Waals surface area contributed by atoms with Crippen molar-refractivity contribution in [3.8, 4) is 0 Å². The molecule has 1 saturated heterocycles. The van der Waals surface area contributed by atoms with Crippen molar-refractivity contribution in [3.63, 3.8) is 0 Å². The minimum Gasteiger partial charge on any atom is -0.391 e. The first-order valence-corrected chi connectivity index (χ1v) is 7.96. The van der Waals surface area contributed by atoms with E-state index in [0.717, 1.165) is 29.0 Å². The molecule has 0 bridgehead atoms. The fourth-order valence-corrected chi connectivity index (χ4v) is 3.32. The highest BCUT2D eigenvalue weighted by Crippen LogP contribution is 2.40. The third-order valence-electron chi connectivity index (χ3n) is 4.57. The van der Waals surface area contributed by atoms with E-state index >= 15 is 0 Å². The third kappa shape index (κ3) is 2.44. The highest BCUT2D eigenvalue weighted by Gasteiger charge is 2.34. The van der Waals surface area contributed by atoms with E-state index in [4.69, 9.17) is 14.7 Å². The van der Waals surface area contributed by atoms with Gasteiger partial charge in [-0.15, -0.1) is 0 Å². The number of para-hydroxylation sites is 1. The number of benzene rings is 1. The average molecular weight is 299 g/mol. The van der Waals surface area contributed by atoms with E-state index in [2.05, 4.69) is 11.0 Å². The number of anilines is 1. The van der Waals surface area contributed by atoms with Gasteiger partial charge in [-0.1, -0.05) is 12.1 Å². The molecular formula is C17H21N3O2. The van der Waals surface area contributed by atoms with Crippen LogP contribution in [0.2, 0.25) is 0 Å². The van der Waals surface area contributed by atoms with Gasteiger partial charge in [0, 0.05) is 25.0 Å². The number of hydrogen-bond acceptors (Lipinski definition) is 5. The van der Waals surface area contributed by atoms with Crippen molar-refractivity contribution in [2.75, 3.05) is 25.2 Å². The van der Waals surface area contributed by atoms with Crippen LogP contribution in [0.25, 0.3) is 10.9 Å². The molecule has 0 radical (unpaired) electrons. The summed E-state index contributed by atoms with van der Waals surface area (Å²) in [5.74, 6) is 2.41. The van der Waals surface area contributed by atoms with Crippen molar-refractivity contribution >= 4 is 16.7 Å². The normalized spacial score (nSPS) is 25.1. The number of aliphatic hydroxyl groups is 1. The van der Waals surface area contributed by atoms with E-state index in [9.17, 15) is 5.11 Å². The molecule has 1 aliphatic heterocycles. The molecule has 1 aromatic heterocycles. The Hall–Kier alpha value is -1.72. The molecule has 2 fully saturated rings. The molecule has 1 N–H and O–H groups in total. The van der Waals surface area contributed by atoms with Crippen LogP contribution >= 0.6 is 0 Å². The van der Waals surface area contributed by atoms with Crippen LogP contribution in [0.15, 0.2) is 24.3 Å². The van der Waals surface area contributed by atoms with Crippen molar-refractivity contribution in [1.82, 2.24) is 9.97 Å². The Morgan fingerprint density at radius 1 is 1.27 bits per heavy atom. The molecule has 1 saturated carbocycles. The number of aliphatic hydroxyl groups excluding tert-OH is 1. The van der Waals surface area contributed by atoms with Crippen molar-refractivity contribution in [2.45, 2.75) is 37.3 Å². The van der Waals surface area contributed by atoms with Gasteiger partial charge >= 0.3 is 0 Å². The summed E-state index contributed by atoms with van der Waals surface area (Å²) >= 11 is 0. The van der Waals surface area contributed by atoms with Gasteiger partial charge in [0.1, 0.15) is 11.6 Å². The van der Waals surface area contributed by atoms with E-state index in [1.807, 2.05) is 18.2 Å². The van der Waals surface area contributed by atoms with E-state index in [1.54, 1.807) is 7.11 Å². The largest absolute Gasteiger partial charge is 0.391 e. The van der Waals surface area contributed by atoms with Crippen LogP contribution in [0, 0.1) is 0 Å². The summed E-state index contributed by atoms with van der Waals surface area (Å²) < 4.78 is 5.33. The van der Waals surface area contributed by atoms with Crippen molar-refractivity contribution < 1.29 is 9.84 Å². The summed E-state index contributed by atoms with van der Waals surface area (Å²) in [5.41, 5.74) is 0.993. The zero-order valence-electron chi connectivity index (χ0n) is 12.8. The number of fused-ring (bicyclic) bond motifs is 1. The Balaban J connectivity index is 1.81. The predicted octanol–water partition coefficient (Wildman–Crippen LogP) is 2.09. The first-order valence-electron chi connectivity index (χ1n) is 7.96. The predicted molar refractivity (Wildman–Crippen MR) is 85.1 cm³/mol. The second kappa shape index (κ2) is 5.48. The molecule has 2 aromatic rings. The monoisotopic (exact) mass is 299 g/mol. The van der Waals surface area contributed by atoms with E-state index in [-0.39, 0.29) is 12.1 Å². The van der Waals surface area contributed by atoms with E-state index in [0.29, 0.717) is 19.1 Å². The van der Waals surface area contributed by atoms with Gasteiger partial charge in [-0.2, -0.15) is 0 Å². The Bertz CT molecular complexity index is 687. The highest BCUT2D eigenvalue weighted by molar-refractivity contribution is 5.89.